The van der Waals surface area contributed by atoms with Crippen LogP contribution in [0.15, 0.2) is 18.2 Å². The molecule has 2 saturated heterocycles. The molecule has 2 fully saturated rings. The van der Waals surface area contributed by atoms with Gasteiger partial charge in [0.2, 0.25) is 5.91 Å². The van der Waals surface area contributed by atoms with Crippen molar-refractivity contribution in [2.45, 2.75) is 43.7 Å². The Hall–Kier alpha value is -1.93. The lowest BCUT2D eigenvalue weighted by Gasteiger charge is -2.29. The number of anilines is 1. The summed E-state index contributed by atoms with van der Waals surface area (Å²) in [5.41, 5.74) is 0.465. The standard InChI is InChI=1S/C18H21ClN2O5S/c1-10(16(23)20-11-4-5-14(25-3)12(19)8-11)26-17(24)13-9-27-18(2)7-6-15(22)21(13)18/h4-5,8,10,13H,6-7,9H2,1-3H3,(H,20,23)/t10-,13-,18+/m1/s1. The molecule has 1 N–H and O–H groups in total. The number of rotatable bonds is 5. The van der Waals surface area contributed by atoms with E-state index in [2.05, 4.69) is 5.32 Å². The van der Waals surface area contributed by atoms with Crippen LogP contribution in [0, 0.1) is 0 Å². The summed E-state index contributed by atoms with van der Waals surface area (Å²) >= 11 is 7.62. The van der Waals surface area contributed by atoms with Crippen LogP contribution in [0.25, 0.3) is 0 Å². The van der Waals surface area contributed by atoms with Crippen molar-refractivity contribution in [3.8, 4) is 5.75 Å². The van der Waals surface area contributed by atoms with Crippen molar-refractivity contribution < 1.29 is 23.9 Å². The van der Waals surface area contributed by atoms with Crippen LogP contribution in [0.3, 0.4) is 0 Å². The molecule has 3 rings (SSSR count). The molecule has 2 aliphatic rings. The van der Waals surface area contributed by atoms with Crippen molar-refractivity contribution in [3.05, 3.63) is 23.2 Å². The zero-order valence-electron chi connectivity index (χ0n) is 15.3. The van der Waals surface area contributed by atoms with Crippen molar-refractivity contribution in [2.75, 3.05) is 18.2 Å². The first-order valence-corrected chi connectivity index (χ1v) is 9.92. The molecule has 0 bridgehead atoms. The van der Waals surface area contributed by atoms with E-state index in [-0.39, 0.29) is 10.8 Å². The zero-order valence-corrected chi connectivity index (χ0v) is 16.9. The van der Waals surface area contributed by atoms with Crippen molar-refractivity contribution in [3.63, 3.8) is 0 Å². The number of nitrogens with one attached hydrogen (secondary N) is 1. The maximum atomic E-state index is 12.5. The molecule has 146 valence electrons. The predicted octanol–water partition coefficient (Wildman–Crippen LogP) is 2.67. The average molecular weight is 413 g/mol. The van der Waals surface area contributed by atoms with E-state index in [0.717, 1.165) is 0 Å². The molecule has 0 radical (unpaired) electrons. The van der Waals surface area contributed by atoms with Gasteiger partial charge in [0, 0.05) is 17.9 Å². The minimum Gasteiger partial charge on any atom is -0.495 e. The van der Waals surface area contributed by atoms with Gasteiger partial charge in [-0.25, -0.2) is 4.79 Å². The van der Waals surface area contributed by atoms with Crippen LogP contribution < -0.4 is 10.1 Å². The third-order valence-corrected chi connectivity index (χ3v) is 6.60. The average Bonchev–Trinajstić information content (AvgIpc) is 3.11. The monoisotopic (exact) mass is 412 g/mol. The summed E-state index contributed by atoms with van der Waals surface area (Å²) in [6, 6.07) is 4.17. The molecule has 2 heterocycles. The molecule has 3 atom stereocenters. The third kappa shape index (κ3) is 3.87. The normalized spacial score (nSPS) is 25.1. The number of hydrogen-bond donors (Lipinski definition) is 1. The van der Waals surface area contributed by atoms with Crippen LogP contribution in [-0.4, -0.2) is 52.6 Å². The quantitative estimate of drug-likeness (QED) is 0.748. The van der Waals surface area contributed by atoms with E-state index in [1.54, 1.807) is 34.9 Å². The molecule has 0 aliphatic carbocycles. The molecule has 0 spiro atoms. The fraction of sp³-hybridized carbons (Fsp3) is 0.500. The molecule has 0 unspecified atom stereocenters. The Balaban J connectivity index is 1.60. The number of carbonyl (C=O) groups excluding carboxylic acids is 3. The first kappa shape index (κ1) is 19.8. The van der Waals surface area contributed by atoms with Crippen LogP contribution in [-0.2, 0) is 19.1 Å². The number of thioether (sulfide) groups is 1. The summed E-state index contributed by atoms with van der Waals surface area (Å²) in [4.78, 5) is 38.2. The maximum Gasteiger partial charge on any atom is 0.330 e. The van der Waals surface area contributed by atoms with Crippen molar-refractivity contribution in [2.24, 2.45) is 0 Å². The summed E-state index contributed by atoms with van der Waals surface area (Å²) in [6.07, 6.45) is 0.142. The van der Waals surface area contributed by atoms with Crippen LogP contribution in [0.1, 0.15) is 26.7 Å². The number of ether oxygens (including phenoxy) is 2. The highest BCUT2D eigenvalue weighted by atomic mass is 35.5. The molecular weight excluding hydrogens is 392 g/mol. The van der Waals surface area contributed by atoms with E-state index in [0.29, 0.717) is 35.1 Å². The smallest absolute Gasteiger partial charge is 0.330 e. The summed E-state index contributed by atoms with van der Waals surface area (Å²) in [5, 5.41) is 3.01. The number of esters is 1. The van der Waals surface area contributed by atoms with Gasteiger partial charge in [-0.1, -0.05) is 11.6 Å². The van der Waals surface area contributed by atoms with Gasteiger partial charge in [0.25, 0.3) is 5.91 Å². The number of methoxy groups -OCH3 is 1. The highest BCUT2D eigenvalue weighted by molar-refractivity contribution is 8.01. The van der Waals surface area contributed by atoms with Gasteiger partial charge in [-0.05, 0) is 38.5 Å². The molecule has 0 saturated carbocycles. The minimum atomic E-state index is -1.01. The first-order chi connectivity index (χ1) is 12.7. The van der Waals surface area contributed by atoms with E-state index in [9.17, 15) is 14.4 Å². The third-order valence-electron chi connectivity index (χ3n) is 4.80. The van der Waals surface area contributed by atoms with E-state index >= 15 is 0 Å². The van der Waals surface area contributed by atoms with Crippen molar-refractivity contribution in [1.29, 1.82) is 0 Å². The van der Waals surface area contributed by atoms with Gasteiger partial charge < -0.3 is 19.7 Å². The molecule has 1 aromatic rings. The van der Waals surface area contributed by atoms with Gasteiger partial charge in [-0.3, -0.25) is 9.59 Å². The second-order valence-corrected chi connectivity index (χ2v) is 8.59. The Morgan fingerprint density at radius 3 is 2.85 bits per heavy atom. The van der Waals surface area contributed by atoms with Crippen LogP contribution >= 0.6 is 23.4 Å². The highest BCUT2D eigenvalue weighted by Gasteiger charge is 2.53. The van der Waals surface area contributed by atoms with Gasteiger partial charge >= 0.3 is 5.97 Å². The van der Waals surface area contributed by atoms with E-state index < -0.39 is 24.0 Å². The SMILES string of the molecule is COc1ccc(NC(=O)[C@@H](C)OC(=O)[C@H]2CS[C@@]3(C)CCC(=O)N23)cc1Cl. The lowest BCUT2D eigenvalue weighted by atomic mass is 10.2. The summed E-state index contributed by atoms with van der Waals surface area (Å²) in [7, 11) is 1.50. The van der Waals surface area contributed by atoms with Crippen LogP contribution in [0.5, 0.6) is 5.75 Å². The van der Waals surface area contributed by atoms with Gasteiger partial charge in [0.05, 0.1) is 17.0 Å². The predicted molar refractivity (Wildman–Crippen MR) is 103 cm³/mol. The second kappa shape index (κ2) is 7.59. The zero-order chi connectivity index (χ0) is 19.8. The molecule has 1 aromatic carbocycles. The Labute approximate surface area is 166 Å². The molecule has 9 heteroatoms. The molecule has 0 aromatic heterocycles. The Bertz CT molecular complexity index is 789. The van der Waals surface area contributed by atoms with E-state index in [4.69, 9.17) is 21.1 Å². The number of nitrogens with zero attached hydrogens (tertiary/aromatic N) is 1. The minimum absolute atomic E-state index is 0.0468. The molecular formula is C18H21ClN2O5S. The van der Waals surface area contributed by atoms with Crippen LogP contribution in [0.2, 0.25) is 5.02 Å². The van der Waals surface area contributed by atoms with Crippen LogP contribution in [0.4, 0.5) is 5.69 Å². The fourth-order valence-electron chi connectivity index (χ4n) is 3.29. The molecule has 7 nitrogen and oxygen atoms in total. The Morgan fingerprint density at radius 2 is 2.19 bits per heavy atom. The Kier molecular flexibility index (Phi) is 5.58. The molecule has 2 amide bonds. The van der Waals surface area contributed by atoms with E-state index in [1.165, 1.54) is 14.0 Å². The maximum absolute atomic E-state index is 12.5. The molecule has 2 aliphatic heterocycles. The Morgan fingerprint density at radius 1 is 1.44 bits per heavy atom. The highest BCUT2D eigenvalue weighted by Crippen LogP contribution is 2.47. The first-order valence-electron chi connectivity index (χ1n) is 8.56. The number of hydrogen-bond acceptors (Lipinski definition) is 6. The topological polar surface area (TPSA) is 84.9 Å². The van der Waals surface area contributed by atoms with Crippen molar-refractivity contribution >= 4 is 46.8 Å². The molecule has 27 heavy (non-hydrogen) atoms. The lowest BCUT2D eigenvalue weighted by molar-refractivity contribution is -0.160. The number of carbonyl (C=O) groups is 3. The lowest BCUT2D eigenvalue weighted by Crippen LogP contribution is -2.48. The largest absolute Gasteiger partial charge is 0.495 e. The second-order valence-electron chi connectivity index (χ2n) is 6.68. The number of fused-ring (bicyclic) bond motifs is 1. The van der Waals surface area contributed by atoms with Gasteiger partial charge in [-0.15, -0.1) is 11.8 Å². The van der Waals surface area contributed by atoms with Crippen molar-refractivity contribution in [1.82, 2.24) is 4.90 Å². The summed E-state index contributed by atoms with van der Waals surface area (Å²) < 4.78 is 10.4. The van der Waals surface area contributed by atoms with Gasteiger partial charge in [0.1, 0.15) is 11.8 Å². The van der Waals surface area contributed by atoms with E-state index in [1.807, 2.05) is 6.92 Å². The number of benzene rings is 1. The van der Waals surface area contributed by atoms with Gasteiger partial charge in [0.15, 0.2) is 6.10 Å². The van der Waals surface area contributed by atoms with Gasteiger partial charge in [-0.2, -0.15) is 0 Å². The number of amides is 2. The summed E-state index contributed by atoms with van der Waals surface area (Å²) in [5.74, 6) is -0.119. The fourth-order valence-corrected chi connectivity index (χ4v) is 4.96. The number of halogens is 1. The summed E-state index contributed by atoms with van der Waals surface area (Å²) in [6.45, 7) is 3.45.